The van der Waals surface area contributed by atoms with E-state index in [1.54, 1.807) is 46.7 Å². The molecule has 0 spiro atoms. The molecule has 0 aliphatic carbocycles. The van der Waals surface area contributed by atoms with Crippen LogP contribution in [0.4, 0.5) is 5.13 Å². The number of carbonyl (C=O) groups excluding carboxylic acids is 2. The molecular formula is C16H17ClN4O2S. The zero-order valence-corrected chi connectivity index (χ0v) is 14.5. The Morgan fingerprint density at radius 1 is 1.21 bits per heavy atom. The summed E-state index contributed by atoms with van der Waals surface area (Å²) in [6.45, 7) is 2.72. The monoisotopic (exact) mass is 364 g/mol. The number of carbonyl (C=O) groups is 2. The van der Waals surface area contributed by atoms with Crippen LogP contribution in [0.15, 0.2) is 35.8 Å². The van der Waals surface area contributed by atoms with Crippen LogP contribution in [0.3, 0.4) is 0 Å². The fourth-order valence-corrected chi connectivity index (χ4v) is 3.45. The minimum atomic E-state index is -0.338. The molecule has 0 bridgehead atoms. The lowest BCUT2D eigenvalue weighted by atomic mass is 10.2. The summed E-state index contributed by atoms with van der Waals surface area (Å²) in [4.78, 5) is 32.5. The van der Waals surface area contributed by atoms with Crippen LogP contribution in [0.1, 0.15) is 10.4 Å². The average Bonchev–Trinajstić information content (AvgIpc) is 3.14. The van der Waals surface area contributed by atoms with Crippen molar-refractivity contribution in [2.45, 2.75) is 0 Å². The second-order valence-electron chi connectivity index (χ2n) is 5.35. The van der Waals surface area contributed by atoms with Crippen molar-refractivity contribution in [2.75, 3.05) is 37.6 Å². The molecule has 8 heteroatoms. The number of hydrogen-bond acceptors (Lipinski definition) is 5. The van der Waals surface area contributed by atoms with Gasteiger partial charge in [-0.15, -0.1) is 11.3 Å². The number of nitrogens with zero attached hydrogens (tertiary/aromatic N) is 3. The highest BCUT2D eigenvalue weighted by atomic mass is 35.5. The Hall–Kier alpha value is -2.12. The van der Waals surface area contributed by atoms with Gasteiger partial charge in [0.25, 0.3) is 5.91 Å². The van der Waals surface area contributed by atoms with E-state index in [1.807, 2.05) is 5.38 Å². The Kier molecular flexibility index (Phi) is 5.32. The summed E-state index contributed by atoms with van der Waals surface area (Å²) in [7, 11) is 0. The maximum atomic E-state index is 12.3. The van der Waals surface area contributed by atoms with Gasteiger partial charge in [-0.25, -0.2) is 4.98 Å². The maximum Gasteiger partial charge on any atom is 0.253 e. The van der Waals surface area contributed by atoms with Gasteiger partial charge in [0.05, 0.1) is 17.1 Å². The molecule has 3 rings (SSSR count). The topological polar surface area (TPSA) is 65.5 Å². The predicted molar refractivity (Wildman–Crippen MR) is 94.7 cm³/mol. The highest BCUT2D eigenvalue weighted by Gasteiger charge is 2.22. The van der Waals surface area contributed by atoms with Crippen molar-refractivity contribution >= 4 is 39.9 Å². The fourth-order valence-electron chi connectivity index (χ4n) is 2.53. The third-order valence-corrected chi connectivity index (χ3v) is 5.00. The van der Waals surface area contributed by atoms with E-state index in [2.05, 4.69) is 15.2 Å². The number of thiazole rings is 1. The van der Waals surface area contributed by atoms with E-state index >= 15 is 0 Å². The van der Waals surface area contributed by atoms with E-state index in [4.69, 9.17) is 11.6 Å². The number of halogens is 1. The van der Waals surface area contributed by atoms with Gasteiger partial charge in [-0.3, -0.25) is 9.59 Å². The normalized spacial score (nSPS) is 14.5. The highest BCUT2D eigenvalue weighted by molar-refractivity contribution is 7.13. The van der Waals surface area contributed by atoms with Crippen LogP contribution in [0, 0.1) is 0 Å². The lowest BCUT2D eigenvalue weighted by Gasteiger charge is -2.34. The van der Waals surface area contributed by atoms with Crippen molar-refractivity contribution in [1.82, 2.24) is 15.2 Å². The zero-order valence-electron chi connectivity index (χ0n) is 12.9. The van der Waals surface area contributed by atoms with E-state index in [9.17, 15) is 9.59 Å². The van der Waals surface area contributed by atoms with E-state index in [-0.39, 0.29) is 18.4 Å². The summed E-state index contributed by atoms with van der Waals surface area (Å²) in [5, 5.41) is 5.93. The van der Waals surface area contributed by atoms with Crippen molar-refractivity contribution < 1.29 is 9.59 Å². The van der Waals surface area contributed by atoms with Crippen LogP contribution in [0.2, 0.25) is 5.02 Å². The van der Waals surface area contributed by atoms with E-state index in [0.717, 1.165) is 18.2 Å². The summed E-state index contributed by atoms with van der Waals surface area (Å²) >= 11 is 7.58. The standard InChI is InChI=1S/C16H17ClN4O2S/c17-13-4-2-1-3-12(13)15(23)19-11-14(22)20-6-8-21(9-7-20)16-18-5-10-24-16/h1-5,10H,6-9,11H2,(H,19,23). The number of anilines is 1. The number of aromatic nitrogens is 1. The third kappa shape index (κ3) is 3.85. The molecule has 1 aromatic heterocycles. The van der Waals surface area contributed by atoms with Crippen molar-refractivity contribution in [3.63, 3.8) is 0 Å². The zero-order chi connectivity index (χ0) is 16.9. The van der Waals surface area contributed by atoms with Gasteiger partial charge in [0.1, 0.15) is 0 Å². The minimum Gasteiger partial charge on any atom is -0.345 e. The Morgan fingerprint density at radius 3 is 2.62 bits per heavy atom. The highest BCUT2D eigenvalue weighted by Crippen LogP contribution is 2.19. The van der Waals surface area contributed by atoms with E-state index < -0.39 is 0 Å². The molecule has 0 radical (unpaired) electrons. The fraction of sp³-hybridized carbons (Fsp3) is 0.312. The molecule has 1 aliphatic heterocycles. The quantitative estimate of drug-likeness (QED) is 0.899. The molecule has 1 aliphatic rings. The second kappa shape index (κ2) is 7.63. The summed E-state index contributed by atoms with van der Waals surface area (Å²) in [6, 6.07) is 6.78. The van der Waals surface area contributed by atoms with Gasteiger partial charge >= 0.3 is 0 Å². The van der Waals surface area contributed by atoms with Gasteiger partial charge in [0.2, 0.25) is 5.91 Å². The molecule has 2 aromatic rings. The first-order valence-corrected chi connectivity index (χ1v) is 8.86. The van der Waals surface area contributed by atoms with Gasteiger partial charge in [0.15, 0.2) is 5.13 Å². The number of rotatable bonds is 4. The van der Waals surface area contributed by atoms with Crippen LogP contribution in [0.25, 0.3) is 0 Å². The second-order valence-corrected chi connectivity index (χ2v) is 6.63. The Labute approximate surface area is 149 Å². The van der Waals surface area contributed by atoms with Crippen molar-refractivity contribution in [2.24, 2.45) is 0 Å². The Morgan fingerprint density at radius 2 is 1.96 bits per heavy atom. The third-order valence-electron chi connectivity index (χ3n) is 3.84. The van der Waals surface area contributed by atoms with Gasteiger partial charge < -0.3 is 15.1 Å². The first-order valence-electron chi connectivity index (χ1n) is 7.60. The molecule has 2 heterocycles. The molecule has 1 fully saturated rings. The Bertz CT molecular complexity index is 715. The largest absolute Gasteiger partial charge is 0.345 e. The number of hydrogen-bond donors (Lipinski definition) is 1. The SMILES string of the molecule is O=C(NCC(=O)N1CCN(c2nccs2)CC1)c1ccccc1Cl. The number of amides is 2. The minimum absolute atomic E-state index is 0.0265. The van der Waals surface area contributed by atoms with Gasteiger partial charge in [0, 0.05) is 37.8 Å². The smallest absolute Gasteiger partial charge is 0.253 e. The molecule has 0 unspecified atom stereocenters. The van der Waals surface area contributed by atoms with Crippen LogP contribution >= 0.6 is 22.9 Å². The lowest BCUT2D eigenvalue weighted by Crippen LogP contribution is -2.51. The molecule has 2 amide bonds. The number of piperazine rings is 1. The van der Waals surface area contributed by atoms with E-state index in [0.29, 0.717) is 23.7 Å². The van der Waals surface area contributed by atoms with Gasteiger partial charge in [-0.2, -0.15) is 0 Å². The summed E-state index contributed by atoms with van der Waals surface area (Å²) in [6.07, 6.45) is 1.78. The average molecular weight is 365 g/mol. The number of nitrogens with one attached hydrogen (secondary N) is 1. The lowest BCUT2D eigenvalue weighted by molar-refractivity contribution is -0.130. The van der Waals surface area contributed by atoms with Crippen LogP contribution in [0.5, 0.6) is 0 Å². The molecule has 126 valence electrons. The molecule has 24 heavy (non-hydrogen) atoms. The molecule has 1 aromatic carbocycles. The summed E-state index contributed by atoms with van der Waals surface area (Å²) in [5.74, 6) is -0.426. The summed E-state index contributed by atoms with van der Waals surface area (Å²) < 4.78 is 0. The van der Waals surface area contributed by atoms with Gasteiger partial charge in [-0.05, 0) is 12.1 Å². The molecule has 1 saturated heterocycles. The van der Waals surface area contributed by atoms with Crippen LogP contribution in [-0.2, 0) is 4.79 Å². The van der Waals surface area contributed by atoms with Crippen molar-refractivity contribution in [3.05, 3.63) is 46.4 Å². The first kappa shape index (κ1) is 16.7. The molecule has 0 atom stereocenters. The molecule has 6 nitrogen and oxygen atoms in total. The number of benzene rings is 1. The first-order chi connectivity index (χ1) is 11.6. The maximum absolute atomic E-state index is 12.3. The van der Waals surface area contributed by atoms with E-state index in [1.165, 1.54) is 0 Å². The van der Waals surface area contributed by atoms with Gasteiger partial charge in [-0.1, -0.05) is 23.7 Å². The Balaban J connectivity index is 1.48. The molecule has 0 saturated carbocycles. The summed E-state index contributed by atoms with van der Waals surface area (Å²) in [5.41, 5.74) is 0.376. The predicted octanol–water partition coefficient (Wildman–Crippen LogP) is 1.88. The van der Waals surface area contributed by atoms with Crippen LogP contribution < -0.4 is 10.2 Å². The van der Waals surface area contributed by atoms with Crippen molar-refractivity contribution in [1.29, 1.82) is 0 Å². The van der Waals surface area contributed by atoms with Crippen LogP contribution in [-0.4, -0.2) is 54.4 Å². The molecular weight excluding hydrogens is 348 g/mol. The molecule has 1 N–H and O–H groups in total. The van der Waals surface area contributed by atoms with Crippen molar-refractivity contribution in [3.8, 4) is 0 Å².